The molecule has 0 aliphatic carbocycles. The largest absolute Gasteiger partial charge is 0.390 e. The molecule has 1 saturated heterocycles. The summed E-state index contributed by atoms with van der Waals surface area (Å²) in [5.74, 6) is 0. The zero-order chi connectivity index (χ0) is 14.8. The van der Waals surface area contributed by atoms with Crippen LogP contribution in [0.4, 0.5) is 13.2 Å². The maximum Gasteiger partial charge on any atom is 0.390 e. The topological polar surface area (TPSA) is 15.3 Å². The Labute approximate surface area is 137 Å². The van der Waals surface area contributed by atoms with Crippen LogP contribution in [0.2, 0.25) is 0 Å². The van der Waals surface area contributed by atoms with Gasteiger partial charge in [-0.1, -0.05) is 22.0 Å². The molecule has 7 heteroatoms. The number of hydrogen-bond donors (Lipinski definition) is 1. The maximum atomic E-state index is 12.9. The third-order valence-corrected chi connectivity index (χ3v) is 4.11. The van der Waals surface area contributed by atoms with Crippen LogP contribution in [0.15, 0.2) is 22.7 Å². The summed E-state index contributed by atoms with van der Waals surface area (Å²) >= 11 is 3.36. The Kier molecular flexibility index (Phi) is 6.97. The number of hydrogen-bond acceptors (Lipinski definition) is 2. The van der Waals surface area contributed by atoms with Crippen molar-refractivity contribution in [2.45, 2.75) is 25.6 Å². The summed E-state index contributed by atoms with van der Waals surface area (Å²) in [6.07, 6.45) is -4.96. The molecule has 0 unspecified atom stereocenters. The average molecular weight is 388 g/mol. The molecule has 21 heavy (non-hydrogen) atoms. The monoisotopic (exact) mass is 386 g/mol. The lowest BCUT2D eigenvalue weighted by Gasteiger charge is -2.36. The Morgan fingerprint density at radius 3 is 2.48 bits per heavy atom. The summed E-state index contributed by atoms with van der Waals surface area (Å²) in [4.78, 5) is 1.93. The number of benzene rings is 1. The Bertz CT molecular complexity index is 462. The zero-order valence-electron chi connectivity index (χ0n) is 11.7. The van der Waals surface area contributed by atoms with Gasteiger partial charge in [-0.3, -0.25) is 4.90 Å². The molecule has 0 aromatic heterocycles. The van der Waals surface area contributed by atoms with E-state index in [-0.39, 0.29) is 12.4 Å². The summed E-state index contributed by atoms with van der Waals surface area (Å²) in [7, 11) is 0. The maximum absolute atomic E-state index is 12.9. The number of piperazine rings is 1. The molecular weight excluding hydrogens is 369 g/mol. The van der Waals surface area contributed by atoms with E-state index >= 15 is 0 Å². The minimum absolute atomic E-state index is 0. The lowest BCUT2D eigenvalue weighted by Crippen LogP contribution is -2.46. The SMILES string of the molecule is Cc1ccc(Br)cc1[C@H](CC(F)(F)F)N1CCNCC1.Cl. The molecule has 1 atom stereocenters. The van der Waals surface area contributed by atoms with E-state index in [2.05, 4.69) is 21.2 Å². The lowest BCUT2D eigenvalue weighted by molar-refractivity contribution is -0.148. The van der Waals surface area contributed by atoms with Crippen LogP contribution in [0.3, 0.4) is 0 Å². The summed E-state index contributed by atoms with van der Waals surface area (Å²) in [6, 6.07) is 4.94. The number of nitrogens with zero attached hydrogens (tertiary/aromatic N) is 1. The van der Waals surface area contributed by atoms with Crippen LogP contribution in [0.25, 0.3) is 0 Å². The Morgan fingerprint density at radius 1 is 1.29 bits per heavy atom. The van der Waals surface area contributed by atoms with Gasteiger partial charge < -0.3 is 5.32 Å². The van der Waals surface area contributed by atoms with Gasteiger partial charge in [-0.15, -0.1) is 12.4 Å². The van der Waals surface area contributed by atoms with E-state index in [1.165, 1.54) is 0 Å². The molecule has 1 N–H and O–H groups in total. The van der Waals surface area contributed by atoms with Crippen LogP contribution in [0.1, 0.15) is 23.6 Å². The van der Waals surface area contributed by atoms with E-state index in [0.717, 1.165) is 28.7 Å². The highest BCUT2D eigenvalue weighted by atomic mass is 79.9. The van der Waals surface area contributed by atoms with Gasteiger partial charge in [0.1, 0.15) is 0 Å². The molecule has 0 spiro atoms. The fourth-order valence-electron chi connectivity index (χ4n) is 2.62. The Balaban J connectivity index is 0.00000220. The minimum atomic E-state index is -4.16. The molecule has 1 aromatic carbocycles. The number of aryl methyl sites for hydroxylation is 1. The molecule has 0 saturated carbocycles. The highest BCUT2D eigenvalue weighted by molar-refractivity contribution is 9.10. The summed E-state index contributed by atoms with van der Waals surface area (Å²) < 4.78 is 39.6. The van der Waals surface area contributed by atoms with Crippen LogP contribution < -0.4 is 5.32 Å². The van der Waals surface area contributed by atoms with Crippen molar-refractivity contribution < 1.29 is 13.2 Å². The Morgan fingerprint density at radius 2 is 1.90 bits per heavy atom. The number of rotatable bonds is 3. The van der Waals surface area contributed by atoms with Gasteiger partial charge in [0, 0.05) is 36.7 Å². The minimum Gasteiger partial charge on any atom is -0.314 e. The first kappa shape index (κ1) is 18.7. The summed E-state index contributed by atoms with van der Waals surface area (Å²) in [5.41, 5.74) is 1.67. The van der Waals surface area contributed by atoms with Gasteiger partial charge in [0.15, 0.2) is 0 Å². The Hall–Kier alpha value is -0.300. The quantitative estimate of drug-likeness (QED) is 0.841. The first-order chi connectivity index (χ1) is 9.37. The third kappa shape index (κ3) is 5.43. The van der Waals surface area contributed by atoms with E-state index in [1.54, 1.807) is 0 Å². The number of alkyl halides is 3. The second-order valence-electron chi connectivity index (χ2n) is 5.12. The second-order valence-corrected chi connectivity index (χ2v) is 6.04. The van der Waals surface area contributed by atoms with Crippen molar-refractivity contribution in [3.63, 3.8) is 0 Å². The highest BCUT2D eigenvalue weighted by Crippen LogP contribution is 2.36. The first-order valence-electron chi connectivity index (χ1n) is 6.64. The van der Waals surface area contributed by atoms with Crippen LogP contribution >= 0.6 is 28.3 Å². The summed E-state index contributed by atoms with van der Waals surface area (Å²) in [6.45, 7) is 4.63. The fraction of sp³-hybridized carbons (Fsp3) is 0.571. The van der Waals surface area contributed by atoms with Crippen molar-refractivity contribution >= 4 is 28.3 Å². The standard InChI is InChI=1S/C14H18BrF3N2.ClH/c1-10-2-3-11(15)8-12(10)13(9-14(16,17)18)20-6-4-19-5-7-20;/h2-3,8,13,19H,4-7,9H2,1H3;1H/t13-;/m0./s1. The van der Waals surface area contributed by atoms with Crippen molar-refractivity contribution in [3.8, 4) is 0 Å². The van der Waals surface area contributed by atoms with Crippen LogP contribution in [-0.4, -0.2) is 37.3 Å². The van der Waals surface area contributed by atoms with Crippen molar-refractivity contribution in [1.29, 1.82) is 0 Å². The molecule has 1 heterocycles. The van der Waals surface area contributed by atoms with Crippen LogP contribution in [0, 0.1) is 6.92 Å². The van der Waals surface area contributed by atoms with E-state index in [4.69, 9.17) is 0 Å². The fourth-order valence-corrected chi connectivity index (χ4v) is 3.00. The summed E-state index contributed by atoms with van der Waals surface area (Å²) in [5, 5.41) is 3.18. The highest BCUT2D eigenvalue weighted by Gasteiger charge is 2.36. The van der Waals surface area contributed by atoms with Gasteiger partial charge in [0.25, 0.3) is 0 Å². The first-order valence-corrected chi connectivity index (χ1v) is 7.44. The molecule has 2 rings (SSSR count). The predicted molar refractivity (Wildman–Crippen MR) is 84.0 cm³/mol. The van der Waals surface area contributed by atoms with E-state index in [9.17, 15) is 13.2 Å². The molecule has 0 radical (unpaired) electrons. The van der Waals surface area contributed by atoms with Crippen LogP contribution in [0.5, 0.6) is 0 Å². The van der Waals surface area contributed by atoms with Gasteiger partial charge in [-0.05, 0) is 30.2 Å². The average Bonchev–Trinajstić information content (AvgIpc) is 2.39. The van der Waals surface area contributed by atoms with E-state index < -0.39 is 18.6 Å². The normalized spacial score (nSPS) is 18.1. The van der Waals surface area contributed by atoms with E-state index in [0.29, 0.717) is 13.1 Å². The van der Waals surface area contributed by atoms with E-state index in [1.807, 2.05) is 30.0 Å². The van der Waals surface area contributed by atoms with Gasteiger partial charge in [0.2, 0.25) is 0 Å². The van der Waals surface area contributed by atoms with Gasteiger partial charge >= 0.3 is 6.18 Å². The predicted octanol–water partition coefficient (Wildman–Crippen LogP) is 4.08. The van der Waals surface area contributed by atoms with Crippen molar-refractivity contribution in [2.24, 2.45) is 0 Å². The molecule has 1 aromatic rings. The van der Waals surface area contributed by atoms with Crippen LogP contribution in [-0.2, 0) is 0 Å². The van der Waals surface area contributed by atoms with Gasteiger partial charge in [-0.25, -0.2) is 0 Å². The molecule has 0 bridgehead atoms. The molecule has 2 nitrogen and oxygen atoms in total. The van der Waals surface area contributed by atoms with Crippen molar-refractivity contribution in [3.05, 3.63) is 33.8 Å². The number of nitrogens with one attached hydrogen (secondary N) is 1. The number of halogens is 5. The third-order valence-electron chi connectivity index (χ3n) is 3.62. The smallest absolute Gasteiger partial charge is 0.314 e. The van der Waals surface area contributed by atoms with Crippen molar-refractivity contribution in [1.82, 2.24) is 10.2 Å². The molecular formula is C14H19BrClF3N2. The molecule has 1 aliphatic heterocycles. The molecule has 0 amide bonds. The molecule has 1 aliphatic rings. The van der Waals surface area contributed by atoms with Gasteiger partial charge in [0.05, 0.1) is 6.42 Å². The molecule has 1 fully saturated rings. The second kappa shape index (κ2) is 7.81. The van der Waals surface area contributed by atoms with Crippen molar-refractivity contribution in [2.75, 3.05) is 26.2 Å². The zero-order valence-corrected chi connectivity index (χ0v) is 14.1. The lowest BCUT2D eigenvalue weighted by atomic mass is 9.96. The van der Waals surface area contributed by atoms with Gasteiger partial charge in [-0.2, -0.15) is 13.2 Å². The molecule has 120 valence electrons.